The van der Waals surface area contributed by atoms with Gasteiger partial charge >= 0.3 is 0 Å². The van der Waals surface area contributed by atoms with Crippen LogP contribution in [0.4, 0.5) is 0 Å². The molecular weight excluding hydrogens is 326 g/mol. The molecule has 1 aliphatic heterocycles. The molecule has 0 aliphatic carbocycles. The van der Waals surface area contributed by atoms with E-state index in [2.05, 4.69) is 20.8 Å². The van der Waals surface area contributed by atoms with Gasteiger partial charge in [0.15, 0.2) is 0 Å². The summed E-state index contributed by atoms with van der Waals surface area (Å²) in [5.41, 5.74) is 1.11. The molecule has 0 spiro atoms. The topological polar surface area (TPSA) is 81.9 Å². The first-order valence-corrected chi connectivity index (χ1v) is 8.96. The van der Waals surface area contributed by atoms with Crippen molar-refractivity contribution in [3.63, 3.8) is 0 Å². The predicted octanol–water partition coefficient (Wildman–Crippen LogP) is 1.50. The van der Waals surface area contributed by atoms with Gasteiger partial charge in [0.2, 0.25) is 11.1 Å². The maximum absolute atomic E-state index is 12.2. The molecule has 3 rings (SSSR count). The SMILES string of the molecule is C[C@@H](Sc1nnnn1Cc1ccccc1)C(=O)NC[C@H]1CCCO1. The minimum Gasteiger partial charge on any atom is -0.376 e. The summed E-state index contributed by atoms with van der Waals surface area (Å²) >= 11 is 1.36. The molecule has 1 aromatic carbocycles. The second kappa shape index (κ2) is 8.25. The van der Waals surface area contributed by atoms with E-state index in [9.17, 15) is 4.79 Å². The molecule has 1 saturated heterocycles. The first-order chi connectivity index (χ1) is 11.7. The van der Waals surface area contributed by atoms with Crippen LogP contribution in [0, 0.1) is 0 Å². The van der Waals surface area contributed by atoms with Gasteiger partial charge in [-0.25, -0.2) is 4.68 Å². The van der Waals surface area contributed by atoms with Crippen molar-refractivity contribution in [2.75, 3.05) is 13.2 Å². The number of hydrogen-bond acceptors (Lipinski definition) is 6. The molecule has 8 heteroatoms. The van der Waals surface area contributed by atoms with Crippen LogP contribution >= 0.6 is 11.8 Å². The van der Waals surface area contributed by atoms with E-state index in [0.29, 0.717) is 18.2 Å². The summed E-state index contributed by atoms with van der Waals surface area (Å²) in [5, 5.41) is 15.1. The number of thioether (sulfide) groups is 1. The number of nitrogens with zero attached hydrogens (tertiary/aromatic N) is 4. The Morgan fingerprint density at radius 3 is 3.04 bits per heavy atom. The standard InChI is InChI=1S/C16H21N5O2S/c1-12(15(22)17-10-14-8-5-9-23-14)24-16-18-19-20-21(16)11-13-6-3-2-4-7-13/h2-4,6-7,12,14H,5,8-11H2,1H3,(H,17,22)/t12-,14-/m1/s1. The lowest BCUT2D eigenvalue weighted by Crippen LogP contribution is -2.36. The first-order valence-electron chi connectivity index (χ1n) is 8.08. The number of tetrazole rings is 1. The number of carbonyl (C=O) groups excluding carboxylic acids is 1. The van der Waals surface area contributed by atoms with Gasteiger partial charge in [0.05, 0.1) is 17.9 Å². The van der Waals surface area contributed by atoms with E-state index in [4.69, 9.17) is 4.74 Å². The molecule has 24 heavy (non-hydrogen) atoms. The smallest absolute Gasteiger partial charge is 0.233 e. The fourth-order valence-corrected chi connectivity index (χ4v) is 3.32. The van der Waals surface area contributed by atoms with Gasteiger partial charge in [-0.05, 0) is 35.8 Å². The molecule has 0 bridgehead atoms. The molecular formula is C16H21N5O2S. The Morgan fingerprint density at radius 2 is 2.29 bits per heavy atom. The molecule has 2 aromatic rings. The lowest BCUT2D eigenvalue weighted by atomic mass is 10.2. The summed E-state index contributed by atoms with van der Waals surface area (Å²) in [6.45, 7) is 3.80. The maximum Gasteiger partial charge on any atom is 0.233 e. The van der Waals surface area contributed by atoms with Crippen molar-refractivity contribution in [3.8, 4) is 0 Å². The molecule has 1 fully saturated rings. The minimum absolute atomic E-state index is 0.0234. The number of hydrogen-bond donors (Lipinski definition) is 1. The van der Waals surface area contributed by atoms with Crippen molar-refractivity contribution in [2.24, 2.45) is 0 Å². The third-order valence-electron chi connectivity index (χ3n) is 3.85. The molecule has 2 heterocycles. The zero-order chi connectivity index (χ0) is 16.8. The summed E-state index contributed by atoms with van der Waals surface area (Å²) in [7, 11) is 0. The van der Waals surface area contributed by atoms with E-state index >= 15 is 0 Å². The Labute approximate surface area is 145 Å². The quantitative estimate of drug-likeness (QED) is 0.765. The van der Waals surface area contributed by atoms with E-state index in [1.165, 1.54) is 11.8 Å². The molecule has 0 saturated carbocycles. The molecule has 0 unspecified atom stereocenters. The Kier molecular flexibility index (Phi) is 5.81. The third-order valence-corrected chi connectivity index (χ3v) is 4.92. The van der Waals surface area contributed by atoms with Crippen LogP contribution in [-0.2, 0) is 16.1 Å². The van der Waals surface area contributed by atoms with E-state index in [0.717, 1.165) is 25.0 Å². The van der Waals surface area contributed by atoms with E-state index < -0.39 is 0 Å². The molecule has 7 nitrogen and oxygen atoms in total. The van der Waals surface area contributed by atoms with Crippen LogP contribution in [0.3, 0.4) is 0 Å². The van der Waals surface area contributed by atoms with E-state index in [-0.39, 0.29) is 17.3 Å². The number of nitrogens with one attached hydrogen (secondary N) is 1. The molecule has 1 aromatic heterocycles. The Bertz CT molecular complexity index is 657. The van der Waals surface area contributed by atoms with Crippen LogP contribution in [0.25, 0.3) is 0 Å². The van der Waals surface area contributed by atoms with E-state index in [1.807, 2.05) is 37.3 Å². The Hall–Kier alpha value is -1.93. The number of carbonyl (C=O) groups is 1. The van der Waals surface area contributed by atoms with Gasteiger partial charge in [-0.15, -0.1) is 5.10 Å². The normalized spacial score (nSPS) is 18.5. The highest BCUT2D eigenvalue weighted by atomic mass is 32.2. The average Bonchev–Trinajstić information content (AvgIpc) is 3.26. The Balaban J connectivity index is 1.53. The highest BCUT2D eigenvalue weighted by Crippen LogP contribution is 2.21. The van der Waals surface area contributed by atoms with Crippen molar-refractivity contribution < 1.29 is 9.53 Å². The summed E-state index contributed by atoms with van der Waals surface area (Å²) in [4.78, 5) is 12.2. The van der Waals surface area contributed by atoms with Crippen molar-refractivity contribution in [1.29, 1.82) is 0 Å². The average molecular weight is 347 g/mol. The summed E-state index contributed by atoms with van der Waals surface area (Å²) in [6, 6.07) is 9.97. The predicted molar refractivity (Wildman–Crippen MR) is 90.7 cm³/mol. The van der Waals surface area contributed by atoms with Crippen LogP contribution in [0.15, 0.2) is 35.5 Å². The van der Waals surface area contributed by atoms with Gasteiger partial charge in [-0.2, -0.15) is 0 Å². The summed E-state index contributed by atoms with van der Waals surface area (Å²) in [6.07, 6.45) is 2.23. The zero-order valence-electron chi connectivity index (χ0n) is 13.6. The molecule has 1 amide bonds. The number of benzene rings is 1. The van der Waals surface area contributed by atoms with Crippen molar-refractivity contribution in [2.45, 2.75) is 42.8 Å². The fraction of sp³-hybridized carbons (Fsp3) is 0.500. The van der Waals surface area contributed by atoms with Crippen molar-refractivity contribution >= 4 is 17.7 Å². The molecule has 1 aliphatic rings. The number of aromatic nitrogens is 4. The van der Waals surface area contributed by atoms with Gasteiger partial charge in [-0.3, -0.25) is 4.79 Å². The van der Waals surface area contributed by atoms with Crippen LogP contribution in [0.5, 0.6) is 0 Å². The van der Waals surface area contributed by atoms with Gasteiger partial charge in [0, 0.05) is 13.2 Å². The van der Waals surface area contributed by atoms with Crippen molar-refractivity contribution in [3.05, 3.63) is 35.9 Å². The summed E-state index contributed by atoms with van der Waals surface area (Å²) < 4.78 is 7.23. The second-order valence-electron chi connectivity index (χ2n) is 5.74. The lowest BCUT2D eigenvalue weighted by molar-refractivity contribution is -0.120. The van der Waals surface area contributed by atoms with E-state index in [1.54, 1.807) is 4.68 Å². The van der Waals surface area contributed by atoms with Gasteiger partial charge in [-0.1, -0.05) is 42.1 Å². The highest BCUT2D eigenvalue weighted by Gasteiger charge is 2.21. The van der Waals surface area contributed by atoms with Crippen LogP contribution in [-0.4, -0.2) is 50.6 Å². The third kappa shape index (κ3) is 4.55. The lowest BCUT2D eigenvalue weighted by Gasteiger charge is -2.14. The van der Waals surface area contributed by atoms with Crippen LogP contribution in [0.1, 0.15) is 25.3 Å². The molecule has 2 atom stereocenters. The zero-order valence-corrected chi connectivity index (χ0v) is 14.4. The van der Waals surface area contributed by atoms with Gasteiger partial charge in [0.25, 0.3) is 0 Å². The molecule has 128 valence electrons. The van der Waals surface area contributed by atoms with Crippen molar-refractivity contribution in [1.82, 2.24) is 25.5 Å². The number of amides is 1. The minimum atomic E-state index is -0.271. The monoisotopic (exact) mass is 347 g/mol. The summed E-state index contributed by atoms with van der Waals surface area (Å²) in [5.74, 6) is -0.0234. The number of ether oxygens (including phenoxy) is 1. The van der Waals surface area contributed by atoms with Gasteiger partial charge in [0.1, 0.15) is 0 Å². The maximum atomic E-state index is 12.2. The second-order valence-corrected chi connectivity index (χ2v) is 7.05. The number of rotatable bonds is 7. The molecule has 0 radical (unpaired) electrons. The fourth-order valence-electron chi connectivity index (χ4n) is 2.51. The molecule has 1 N–H and O–H groups in total. The first kappa shape index (κ1) is 16.9. The largest absolute Gasteiger partial charge is 0.376 e. The Morgan fingerprint density at radius 1 is 1.46 bits per heavy atom. The van der Waals surface area contributed by atoms with Crippen LogP contribution < -0.4 is 5.32 Å². The van der Waals surface area contributed by atoms with Gasteiger partial charge < -0.3 is 10.1 Å². The van der Waals surface area contributed by atoms with Crippen LogP contribution in [0.2, 0.25) is 0 Å². The highest BCUT2D eigenvalue weighted by molar-refractivity contribution is 8.00.